The average molecular weight is 294 g/mol. The Balaban J connectivity index is 2.89. The summed E-state index contributed by atoms with van der Waals surface area (Å²) in [5, 5.41) is 3.26. The number of carbonyl (C=O) groups is 1. The predicted molar refractivity (Wildman–Crippen MR) is 83.7 cm³/mol. The van der Waals surface area contributed by atoms with Crippen molar-refractivity contribution in [3.8, 4) is 5.75 Å². The zero-order chi connectivity index (χ0) is 15.8. The van der Waals surface area contributed by atoms with Crippen LogP contribution in [0.2, 0.25) is 0 Å². The lowest BCUT2D eigenvalue weighted by Gasteiger charge is -2.20. The molecule has 5 heteroatoms. The van der Waals surface area contributed by atoms with Gasteiger partial charge in [-0.3, -0.25) is 5.32 Å². The van der Waals surface area contributed by atoms with Crippen molar-refractivity contribution in [2.75, 3.05) is 40.9 Å². The van der Waals surface area contributed by atoms with E-state index in [4.69, 9.17) is 9.47 Å². The van der Waals surface area contributed by atoms with Gasteiger partial charge in [-0.15, -0.1) is 0 Å². The van der Waals surface area contributed by atoms with E-state index in [-0.39, 0.29) is 5.97 Å². The number of nitrogens with one attached hydrogen (secondary N) is 1. The number of nitrogens with zero attached hydrogens (tertiary/aromatic N) is 1. The third-order valence-corrected chi connectivity index (χ3v) is 3.18. The van der Waals surface area contributed by atoms with Crippen molar-refractivity contribution in [2.24, 2.45) is 0 Å². The van der Waals surface area contributed by atoms with E-state index in [1.54, 1.807) is 7.11 Å². The number of hydrogen-bond donors (Lipinski definition) is 1. The monoisotopic (exact) mass is 294 g/mol. The van der Waals surface area contributed by atoms with Gasteiger partial charge in [-0.25, -0.2) is 4.79 Å². The van der Waals surface area contributed by atoms with Crippen molar-refractivity contribution in [3.63, 3.8) is 0 Å². The highest BCUT2D eigenvalue weighted by Gasteiger charge is 2.22. The van der Waals surface area contributed by atoms with Crippen molar-refractivity contribution >= 4 is 5.97 Å². The molecule has 1 N–H and O–H groups in total. The second-order valence-electron chi connectivity index (χ2n) is 5.17. The zero-order valence-corrected chi connectivity index (χ0v) is 13.6. The molecule has 0 saturated carbocycles. The quantitative estimate of drug-likeness (QED) is 0.740. The molecule has 0 spiro atoms. The van der Waals surface area contributed by atoms with Gasteiger partial charge in [0.2, 0.25) is 0 Å². The van der Waals surface area contributed by atoms with E-state index in [1.807, 2.05) is 46.1 Å². The van der Waals surface area contributed by atoms with Gasteiger partial charge in [0, 0.05) is 13.1 Å². The molecule has 0 aliphatic rings. The number of hydrogen-bond acceptors (Lipinski definition) is 5. The van der Waals surface area contributed by atoms with Gasteiger partial charge in [0.1, 0.15) is 11.8 Å². The number of esters is 1. The van der Waals surface area contributed by atoms with Gasteiger partial charge < -0.3 is 14.4 Å². The van der Waals surface area contributed by atoms with Gasteiger partial charge in [0.25, 0.3) is 0 Å². The molecule has 118 valence electrons. The Labute approximate surface area is 127 Å². The molecule has 5 nitrogen and oxygen atoms in total. The molecular weight excluding hydrogens is 268 g/mol. The standard InChI is InChI=1S/C16H26N2O3/c1-6-21-16(19)15(17-9-10-18(3)4)13-7-8-14(20-5)12(2)11-13/h7-8,11,15,17H,6,9-10H2,1-5H3. The molecule has 0 bridgehead atoms. The molecule has 1 aromatic rings. The Bertz CT molecular complexity index is 461. The van der Waals surface area contributed by atoms with Gasteiger partial charge in [-0.1, -0.05) is 12.1 Å². The molecule has 0 amide bonds. The Morgan fingerprint density at radius 3 is 2.62 bits per heavy atom. The largest absolute Gasteiger partial charge is 0.496 e. The van der Waals surface area contributed by atoms with Gasteiger partial charge in [0.05, 0.1) is 13.7 Å². The predicted octanol–water partition coefficient (Wildman–Crippen LogP) is 1.76. The molecule has 0 aliphatic carbocycles. The fourth-order valence-electron chi connectivity index (χ4n) is 2.08. The van der Waals surface area contributed by atoms with Crippen LogP contribution in [0.25, 0.3) is 0 Å². The lowest BCUT2D eigenvalue weighted by molar-refractivity contribution is -0.145. The van der Waals surface area contributed by atoms with E-state index in [1.165, 1.54) is 0 Å². The first-order chi connectivity index (χ1) is 9.99. The summed E-state index contributed by atoms with van der Waals surface area (Å²) in [6, 6.07) is 5.29. The van der Waals surface area contributed by atoms with Crippen molar-refractivity contribution in [3.05, 3.63) is 29.3 Å². The van der Waals surface area contributed by atoms with Crippen LogP contribution in [0.3, 0.4) is 0 Å². The maximum atomic E-state index is 12.2. The van der Waals surface area contributed by atoms with E-state index in [2.05, 4.69) is 10.2 Å². The SMILES string of the molecule is CCOC(=O)C(NCCN(C)C)c1ccc(OC)c(C)c1. The van der Waals surface area contributed by atoms with E-state index in [0.717, 1.165) is 23.4 Å². The number of carbonyl (C=O) groups excluding carboxylic acids is 1. The van der Waals surface area contributed by atoms with E-state index < -0.39 is 6.04 Å². The van der Waals surface area contributed by atoms with E-state index >= 15 is 0 Å². The fourth-order valence-corrected chi connectivity index (χ4v) is 2.08. The van der Waals surface area contributed by atoms with Gasteiger partial charge in [0.15, 0.2) is 0 Å². The molecule has 1 rings (SSSR count). The highest BCUT2D eigenvalue weighted by atomic mass is 16.5. The van der Waals surface area contributed by atoms with Crippen LogP contribution in [-0.4, -0.2) is 51.8 Å². The first-order valence-electron chi connectivity index (χ1n) is 7.18. The molecule has 0 aromatic heterocycles. The minimum Gasteiger partial charge on any atom is -0.496 e. The van der Waals surface area contributed by atoms with Crippen molar-refractivity contribution in [2.45, 2.75) is 19.9 Å². The fraction of sp³-hybridized carbons (Fsp3) is 0.562. The molecule has 0 saturated heterocycles. The molecule has 1 unspecified atom stereocenters. The normalized spacial score (nSPS) is 12.3. The van der Waals surface area contributed by atoms with Crippen LogP contribution in [0.15, 0.2) is 18.2 Å². The summed E-state index contributed by atoms with van der Waals surface area (Å²) < 4.78 is 10.4. The summed E-state index contributed by atoms with van der Waals surface area (Å²) in [5.41, 5.74) is 1.89. The van der Waals surface area contributed by atoms with Crippen LogP contribution in [-0.2, 0) is 9.53 Å². The van der Waals surface area contributed by atoms with Crippen LogP contribution < -0.4 is 10.1 Å². The minimum absolute atomic E-state index is 0.249. The molecule has 21 heavy (non-hydrogen) atoms. The molecular formula is C16H26N2O3. The van der Waals surface area contributed by atoms with E-state index in [0.29, 0.717) is 13.2 Å². The molecule has 0 heterocycles. The molecule has 1 atom stereocenters. The molecule has 0 fully saturated rings. The number of likely N-dealkylation sites (N-methyl/N-ethyl adjacent to an activating group) is 1. The summed E-state index contributed by atoms with van der Waals surface area (Å²) in [5.74, 6) is 0.565. The lowest BCUT2D eigenvalue weighted by Crippen LogP contribution is -2.35. The van der Waals surface area contributed by atoms with Crippen LogP contribution in [0.1, 0.15) is 24.1 Å². The summed E-state index contributed by atoms with van der Waals surface area (Å²) in [7, 11) is 5.64. The number of aryl methyl sites for hydroxylation is 1. The number of methoxy groups -OCH3 is 1. The van der Waals surface area contributed by atoms with Crippen molar-refractivity contribution in [1.29, 1.82) is 0 Å². The average Bonchev–Trinajstić information content (AvgIpc) is 2.43. The zero-order valence-electron chi connectivity index (χ0n) is 13.6. The summed E-state index contributed by atoms with van der Waals surface area (Å²) in [6.45, 7) is 5.71. The topological polar surface area (TPSA) is 50.8 Å². The summed E-state index contributed by atoms with van der Waals surface area (Å²) in [4.78, 5) is 14.2. The third-order valence-electron chi connectivity index (χ3n) is 3.18. The third kappa shape index (κ3) is 5.36. The van der Waals surface area contributed by atoms with Gasteiger partial charge in [-0.2, -0.15) is 0 Å². The maximum Gasteiger partial charge on any atom is 0.327 e. The Morgan fingerprint density at radius 1 is 1.38 bits per heavy atom. The van der Waals surface area contributed by atoms with Gasteiger partial charge in [-0.05, 0) is 45.1 Å². The van der Waals surface area contributed by atoms with Crippen molar-refractivity contribution in [1.82, 2.24) is 10.2 Å². The van der Waals surface area contributed by atoms with Crippen molar-refractivity contribution < 1.29 is 14.3 Å². The second-order valence-corrected chi connectivity index (χ2v) is 5.17. The van der Waals surface area contributed by atoms with Crippen LogP contribution in [0.4, 0.5) is 0 Å². The molecule has 0 aliphatic heterocycles. The smallest absolute Gasteiger partial charge is 0.327 e. The van der Waals surface area contributed by atoms with Crippen LogP contribution in [0.5, 0.6) is 5.75 Å². The number of ether oxygens (including phenoxy) is 2. The first kappa shape index (κ1) is 17.5. The van der Waals surface area contributed by atoms with Crippen LogP contribution >= 0.6 is 0 Å². The second kappa shape index (κ2) is 8.64. The highest BCUT2D eigenvalue weighted by Crippen LogP contribution is 2.23. The van der Waals surface area contributed by atoms with Crippen LogP contribution in [0, 0.1) is 6.92 Å². The molecule has 0 radical (unpaired) electrons. The Kier molecular flexibility index (Phi) is 7.19. The minimum atomic E-state index is -0.450. The van der Waals surface area contributed by atoms with E-state index in [9.17, 15) is 4.79 Å². The summed E-state index contributed by atoms with van der Waals surface area (Å²) >= 11 is 0. The highest BCUT2D eigenvalue weighted by molar-refractivity contribution is 5.77. The first-order valence-corrected chi connectivity index (χ1v) is 7.18. The maximum absolute atomic E-state index is 12.2. The van der Waals surface area contributed by atoms with Gasteiger partial charge >= 0.3 is 5.97 Å². The number of benzene rings is 1. The Hall–Kier alpha value is -1.59. The molecule has 1 aromatic carbocycles. The lowest BCUT2D eigenvalue weighted by atomic mass is 10.0. The number of rotatable bonds is 8. The Morgan fingerprint density at radius 2 is 2.10 bits per heavy atom. The summed E-state index contributed by atoms with van der Waals surface area (Å²) in [6.07, 6.45) is 0.